The first-order chi connectivity index (χ1) is 20.1. The van der Waals surface area contributed by atoms with Crippen molar-refractivity contribution < 1.29 is 37.0 Å². The van der Waals surface area contributed by atoms with Crippen LogP contribution in [0, 0.1) is 0 Å². The first kappa shape index (κ1) is 32.1. The third-order valence-corrected chi connectivity index (χ3v) is 8.53. The van der Waals surface area contributed by atoms with Gasteiger partial charge in [0.05, 0.1) is 39.0 Å². The minimum Gasteiger partial charge on any atom is -0.497 e. The fourth-order valence-corrected chi connectivity index (χ4v) is 5.82. The van der Waals surface area contributed by atoms with E-state index >= 15 is 0 Å². The molecular formula is C30H37N3O8S. The highest BCUT2D eigenvalue weighted by Crippen LogP contribution is 2.37. The zero-order chi connectivity index (χ0) is 30.9. The van der Waals surface area contributed by atoms with Crippen molar-refractivity contribution in [1.29, 1.82) is 0 Å². The highest BCUT2D eigenvalue weighted by molar-refractivity contribution is 7.92. The van der Waals surface area contributed by atoms with Crippen molar-refractivity contribution in [2.75, 3.05) is 52.9 Å². The molecule has 2 amide bonds. The Bertz CT molecular complexity index is 1480. The Labute approximate surface area is 247 Å². The molecule has 0 radical (unpaired) electrons. The predicted octanol–water partition coefficient (Wildman–Crippen LogP) is 3.12. The smallest absolute Gasteiger partial charge is 0.265 e. The molecule has 0 aliphatic heterocycles. The van der Waals surface area contributed by atoms with Crippen LogP contribution in [0.2, 0.25) is 0 Å². The molecular weight excluding hydrogens is 562 g/mol. The molecule has 0 aromatic heterocycles. The van der Waals surface area contributed by atoms with Gasteiger partial charge in [-0.1, -0.05) is 30.3 Å². The molecule has 0 saturated carbocycles. The lowest BCUT2D eigenvalue weighted by Crippen LogP contribution is -2.51. The molecule has 11 nitrogen and oxygen atoms in total. The number of anilines is 1. The molecule has 12 heteroatoms. The van der Waals surface area contributed by atoms with Crippen LogP contribution in [-0.2, 0) is 26.0 Å². The number of likely N-dealkylation sites (N-methyl/N-ethyl adjacent to an activating group) is 1. The quantitative estimate of drug-likeness (QED) is 0.300. The second-order valence-electron chi connectivity index (χ2n) is 9.18. The van der Waals surface area contributed by atoms with Crippen LogP contribution in [0.3, 0.4) is 0 Å². The van der Waals surface area contributed by atoms with Crippen molar-refractivity contribution in [3.8, 4) is 23.0 Å². The maximum absolute atomic E-state index is 14.2. The second-order valence-corrected chi connectivity index (χ2v) is 11.0. The van der Waals surface area contributed by atoms with Gasteiger partial charge in [-0.25, -0.2) is 8.42 Å². The number of sulfonamides is 1. The number of hydrogen-bond acceptors (Lipinski definition) is 8. The fraction of sp³-hybridized carbons (Fsp3) is 0.333. The van der Waals surface area contributed by atoms with Gasteiger partial charge in [0, 0.05) is 25.7 Å². The number of benzene rings is 3. The van der Waals surface area contributed by atoms with Gasteiger partial charge in [0.15, 0.2) is 11.5 Å². The van der Waals surface area contributed by atoms with Gasteiger partial charge in [-0.3, -0.25) is 13.9 Å². The Morgan fingerprint density at radius 2 is 1.48 bits per heavy atom. The topological polar surface area (TPSA) is 124 Å². The number of nitrogens with one attached hydrogen (secondary N) is 1. The normalized spacial score (nSPS) is 11.7. The van der Waals surface area contributed by atoms with Crippen molar-refractivity contribution in [1.82, 2.24) is 10.2 Å². The molecule has 0 bridgehead atoms. The third kappa shape index (κ3) is 7.24. The zero-order valence-corrected chi connectivity index (χ0v) is 25.4. The van der Waals surface area contributed by atoms with E-state index < -0.39 is 28.5 Å². The van der Waals surface area contributed by atoms with Crippen LogP contribution in [0.4, 0.5) is 5.69 Å². The maximum atomic E-state index is 14.2. The van der Waals surface area contributed by atoms with E-state index in [9.17, 15) is 18.0 Å². The molecule has 0 aliphatic carbocycles. The predicted molar refractivity (Wildman–Crippen MR) is 159 cm³/mol. The summed E-state index contributed by atoms with van der Waals surface area (Å²) < 4.78 is 50.9. The van der Waals surface area contributed by atoms with Gasteiger partial charge in [-0.15, -0.1) is 0 Å². The van der Waals surface area contributed by atoms with E-state index in [4.69, 9.17) is 18.9 Å². The van der Waals surface area contributed by atoms with Crippen LogP contribution < -0.4 is 28.6 Å². The summed E-state index contributed by atoms with van der Waals surface area (Å²) in [5, 5.41) is 2.57. The Kier molecular flexibility index (Phi) is 11.0. The zero-order valence-electron chi connectivity index (χ0n) is 24.6. The molecule has 0 aliphatic rings. The molecule has 0 heterocycles. The number of carbonyl (C=O) groups is 2. The summed E-state index contributed by atoms with van der Waals surface area (Å²) in [5.41, 5.74) is 1.04. The van der Waals surface area contributed by atoms with Gasteiger partial charge in [0.1, 0.15) is 24.1 Å². The Balaban J connectivity index is 2.12. The fourth-order valence-electron chi connectivity index (χ4n) is 4.39. The van der Waals surface area contributed by atoms with Crippen molar-refractivity contribution in [2.24, 2.45) is 0 Å². The molecule has 0 saturated heterocycles. The van der Waals surface area contributed by atoms with Crippen LogP contribution in [-0.4, -0.2) is 79.8 Å². The summed E-state index contributed by atoms with van der Waals surface area (Å²) in [6, 6.07) is 17.4. The lowest BCUT2D eigenvalue weighted by atomic mass is 10.1. The van der Waals surface area contributed by atoms with E-state index in [1.165, 1.54) is 64.7 Å². The van der Waals surface area contributed by atoms with E-state index in [0.717, 1.165) is 9.87 Å². The van der Waals surface area contributed by atoms with Gasteiger partial charge in [0.25, 0.3) is 10.0 Å². The van der Waals surface area contributed by atoms with E-state index in [1.807, 2.05) is 30.3 Å². The Hall–Kier alpha value is -4.45. The molecule has 1 N–H and O–H groups in total. The molecule has 3 aromatic rings. The van der Waals surface area contributed by atoms with E-state index in [0.29, 0.717) is 17.9 Å². The molecule has 0 unspecified atom stereocenters. The molecule has 1 atom stereocenters. The summed E-state index contributed by atoms with van der Waals surface area (Å²) >= 11 is 0. The highest BCUT2D eigenvalue weighted by atomic mass is 32.2. The molecule has 226 valence electrons. The molecule has 0 spiro atoms. The van der Waals surface area contributed by atoms with E-state index in [-0.39, 0.29) is 34.5 Å². The minimum absolute atomic E-state index is 0.0793. The summed E-state index contributed by atoms with van der Waals surface area (Å²) in [6.07, 6.45) is 0.457. The summed E-state index contributed by atoms with van der Waals surface area (Å²) in [6.45, 7) is 1.15. The van der Waals surface area contributed by atoms with E-state index in [1.54, 1.807) is 19.1 Å². The number of methoxy groups -OCH3 is 4. The average Bonchev–Trinajstić information content (AvgIpc) is 3.02. The van der Waals surface area contributed by atoms with Crippen molar-refractivity contribution >= 4 is 27.5 Å². The Morgan fingerprint density at radius 3 is 2.07 bits per heavy atom. The first-order valence-corrected chi connectivity index (χ1v) is 14.6. The number of ether oxygens (including phenoxy) is 4. The van der Waals surface area contributed by atoms with Gasteiger partial charge >= 0.3 is 0 Å². The lowest BCUT2D eigenvalue weighted by Gasteiger charge is -2.32. The number of nitrogens with zero attached hydrogens (tertiary/aromatic N) is 2. The summed E-state index contributed by atoms with van der Waals surface area (Å²) in [4.78, 5) is 27.9. The van der Waals surface area contributed by atoms with Crippen LogP contribution in [0.5, 0.6) is 23.0 Å². The van der Waals surface area contributed by atoms with Gasteiger partial charge < -0.3 is 29.2 Å². The maximum Gasteiger partial charge on any atom is 0.265 e. The molecule has 3 aromatic carbocycles. The summed E-state index contributed by atoms with van der Waals surface area (Å²) in [7, 11) is 2.75. The largest absolute Gasteiger partial charge is 0.497 e. The first-order valence-electron chi connectivity index (χ1n) is 13.1. The average molecular weight is 600 g/mol. The van der Waals surface area contributed by atoms with Crippen LogP contribution >= 0.6 is 0 Å². The van der Waals surface area contributed by atoms with Crippen molar-refractivity contribution in [3.05, 3.63) is 72.3 Å². The molecule has 3 rings (SSSR count). The standard InChI is InChI=1S/C30H37N3O8S/c1-21(30(35)31-2)32(17-16-22-10-8-7-9-11-22)29(34)20-33(25-18-23(38-3)12-14-26(25)39-4)42(36,37)24-13-15-27(40-5)28(19-24)41-6/h7-15,18-19,21H,16-17,20H2,1-6H3,(H,31,35)/t21-/m1/s1. The van der Waals surface area contributed by atoms with Crippen LogP contribution in [0.1, 0.15) is 12.5 Å². The highest BCUT2D eigenvalue weighted by Gasteiger charge is 2.34. The monoisotopic (exact) mass is 599 g/mol. The van der Waals surface area contributed by atoms with Crippen molar-refractivity contribution in [3.63, 3.8) is 0 Å². The lowest BCUT2D eigenvalue weighted by molar-refractivity contribution is -0.138. The van der Waals surface area contributed by atoms with Crippen molar-refractivity contribution in [2.45, 2.75) is 24.3 Å². The van der Waals surface area contributed by atoms with Gasteiger partial charge in [-0.05, 0) is 43.2 Å². The Morgan fingerprint density at radius 1 is 0.833 bits per heavy atom. The molecule has 42 heavy (non-hydrogen) atoms. The number of rotatable bonds is 14. The van der Waals surface area contributed by atoms with E-state index in [2.05, 4.69) is 5.32 Å². The van der Waals surface area contributed by atoms with Gasteiger partial charge in [-0.2, -0.15) is 0 Å². The third-order valence-electron chi connectivity index (χ3n) is 6.77. The second kappa shape index (κ2) is 14.4. The number of amides is 2. The van der Waals surface area contributed by atoms with Crippen LogP contribution in [0.15, 0.2) is 71.6 Å². The summed E-state index contributed by atoms with van der Waals surface area (Å²) in [5.74, 6) is 0.110. The van der Waals surface area contributed by atoms with Crippen LogP contribution in [0.25, 0.3) is 0 Å². The number of carbonyl (C=O) groups excluding carboxylic acids is 2. The number of hydrogen-bond donors (Lipinski definition) is 1. The minimum atomic E-state index is -4.40. The molecule has 0 fully saturated rings. The van der Waals surface area contributed by atoms with Gasteiger partial charge in [0.2, 0.25) is 11.8 Å². The SMILES string of the molecule is CNC(=O)[C@@H](C)N(CCc1ccccc1)C(=O)CN(c1cc(OC)ccc1OC)S(=O)(=O)c1ccc(OC)c(OC)c1.